The van der Waals surface area contributed by atoms with Crippen LogP contribution >= 0.6 is 50.7 Å². The first-order valence-corrected chi connectivity index (χ1v) is 4.08. The Kier molecular flexibility index (Phi) is 4.17. The fourth-order valence-corrected chi connectivity index (χ4v) is 1.11. The third-order valence-electron chi connectivity index (χ3n) is 0.649. The van der Waals surface area contributed by atoms with Gasteiger partial charge in [0.05, 0.1) is 0 Å². The second kappa shape index (κ2) is 3.90. The molecule has 0 N–H and O–H groups in total. The van der Waals surface area contributed by atoms with Gasteiger partial charge in [-0.2, -0.15) is 0 Å². The summed E-state index contributed by atoms with van der Waals surface area (Å²) in [5.41, 5.74) is 0. The Hall–Kier alpha value is 0.690. The highest BCUT2D eigenvalue weighted by atomic mass is 79.9. The molecular formula is C4H2BrCl3O2. The summed E-state index contributed by atoms with van der Waals surface area (Å²) in [6.45, 7) is 0. The molecule has 2 nitrogen and oxygen atoms in total. The van der Waals surface area contributed by atoms with E-state index in [-0.39, 0.29) is 6.29 Å². The van der Waals surface area contributed by atoms with Crippen LogP contribution in [0.2, 0.25) is 0 Å². The van der Waals surface area contributed by atoms with E-state index >= 15 is 0 Å². The van der Waals surface area contributed by atoms with E-state index in [2.05, 4.69) is 15.9 Å². The minimum atomic E-state index is -1.76. The Morgan fingerprint density at radius 3 is 2.10 bits per heavy atom. The highest BCUT2D eigenvalue weighted by molar-refractivity contribution is 9.11. The Morgan fingerprint density at radius 1 is 1.60 bits per heavy atom. The van der Waals surface area contributed by atoms with Gasteiger partial charge in [-0.25, -0.2) is 0 Å². The molecule has 0 aliphatic heterocycles. The topological polar surface area (TPSA) is 34.1 Å². The number of rotatable bonds is 3. The lowest BCUT2D eigenvalue weighted by Crippen LogP contribution is -2.28. The Bertz CT molecular complexity index is 153. The molecule has 1 atom stereocenters. The van der Waals surface area contributed by atoms with Gasteiger partial charge in [0.15, 0.2) is 5.38 Å². The molecular weight excluding hydrogens is 266 g/mol. The summed E-state index contributed by atoms with van der Waals surface area (Å²) in [6, 6.07) is 0. The van der Waals surface area contributed by atoms with E-state index in [0.29, 0.717) is 0 Å². The zero-order valence-electron chi connectivity index (χ0n) is 4.48. The predicted octanol–water partition coefficient (Wildman–Crippen LogP) is 1.89. The van der Waals surface area contributed by atoms with E-state index in [1.807, 2.05) is 0 Å². The van der Waals surface area contributed by atoms with Crippen LogP contribution in [0.1, 0.15) is 0 Å². The van der Waals surface area contributed by atoms with Gasteiger partial charge >= 0.3 is 0 Å². The molecule has 0 aromatic carbocycles. The van der Waals surface area contributed by atoms with Crippen molar-refractivity contribution in [2.75, 3.05) is 0 Å². The van der Waals surface area contributed by atoms with Crippen LogP contribution in [0.4, 0.5) is 0 Å². The quantitative estimate of drug-likeness (QED) is 0.445. The van der Waals surface area contributed by atoms with Crippen LogP contribution < -0.4 is 0 Å². The molecule has 0 amide bonds. The molecule has 58 valence electrons. The molecule has 0 saturated heterocycles. The van der Waals surface area contributed by atoms with E-state index in [1.165, 1.54) is 0 Å². The van der Waals surface area contributed by atoms with Crippen LogP contribution in [-0.2, 0) is 9.59 Å². The molecule has 10 heavy (non-hydrogen) atoms. The molecule has 0 aliphatic carbocycles. The van der Waals surface area contributed by atoms with Crippen molar-refractivity contribution >= 4 is 62.8 Å². The standard InChI is InChI=1S/C4H2BrCl3O2/c5-4(7,8)3(10)2(6)1-9/h1-2H. The number of carbonyl (C=O) groups is 2. The minimum Gasteiger partial charge on any atom is -0.301 e. The molecule has 0 radical (unpaired) electrons. The smallest absolute Gasteiger partial charge is 0.231 e. The van der Waals surface area contributed by atoms with Crippen LogP contribution in [0.3, 0.4) is 0 Å². The van der Waals surface area contributed by atoms with Crippen molar-refractivity contribution in [3.8, 4) is 0 Å². The van der Waals surface area contributed by atoms with Crippen molar-refractivity contribution in [3.05, 3.63) is 0 Å². The molecule has 0 aromatic rings. The van der Waals surface area contributed by atoms with Crippen LogP contribution in [0.15, 0.2) is 0 Å². The molecule has 0 heterocycles. The van der Waals surface area contributed by atoms with E-state index in [1.54, 1.807) is 0 Å². The average molecular weight is 268 g/mol. The van der Waals surface area contributed by atoms with Gasteiger partial charge in [0.25, 0.3) is 0 Å². The van der Waals surface area contributed by atoms with Crippen LogP contribution in [0, 0.1) is 0 Å². The Morgan fingerprint density at radius 2 is 2.00 bits per heavy atom. The van der Waals surface area contributed by atoms with Crippen LogP contribution in [0.25, 0.3) is 0 Å². The van der Waals surface area contributed by atoms with E-state index in [4.69, 9.17) is 34.8 Å². The SMILES string of the molecule is O=CC(Cl)C(=O)C(Cl)(Cl)Br. The van der Waals surface area contributed by atoms with Crippen LogP contribution in [0.5, 0.6) is 0 Å². The lowest BCUT2D eigenvalue weighted by molar-refractivity contribution is -0.120. The first kappa shape index (κ1) is 10.7. The molecule has 0 aliphatic rings. The first-order chi connectivity index (χ1) is 4.39. The van der Waals surface area contributed by atoms with Gasteiger partial charge in [0.2, 0.25) is 9.03 Å². The second-order valence-corrected chi connectivity index (χ2v) is 5.30. The zero-order valence-corrected chi connectivity index (χ0v) is 8.34. The van der Waals surface area contributed by atoms with Crippen molar-refractivity contribution in [1.82, 2.24) is 0 Å². The van der Waals surface area contributed by atoms with Crippen molar-refractivity contribution in [1.29, 1.82) is 0 Å². The summed E-state index contributed by atoms with van der Waals surface area (Å²) in [5.74, 6) is -0.785. The fraction of sp³-hybridized carbons (Fsp3) is 0.500. The summed E-state index contributed by atoms with van der Waals surface area (Å²) >= 11 is 18.3. The molecule has 0 bridgehead atoms. The third-order valence-corrected chi connectivity index (χ3v) is 1.71. The minimum absolute atomic E-state index is 0.255. The van der Waals surface area contributed by atoms with Gasteiger partial charge in [0.1, 0.15) is 6.29 Å². The normalized spacial score (nSPS) is 14.4. The van der Waals surface area contributed by atoms with Crippen LogP contribution in [-0.4, -0.2) is 20.7 Å². The maximum Gasteiger partial charge on any atom is 0.231 e. The van der Waals surface area contributed by atoms with E-state index in [0.717, 1.165) is 0 Å². The molecule has 1 unspecified atom stereocenters. The van der Waals surface area contributed by atoms with E-state index < -0.39 is 14.4 Å². The van der Waals surface area contributed by atoms with E-state index in [9.17, 15) is 9.59 Å². The largest absolute Gasteiger partial charge is 0.301 e. The monoisotopic (exact) mass is 266 g/mol. The van der Waals surface area contributed by atoms with Gasteiger partial charge in [-0.1, -0.05) is 23.2 Å². The highest BCUT2D eigenvalue weighted by Gasteiger charge is 2.34. The molecule has 0 rings (SSSR count). The van der Waals surface area contributed by atoms with Gasteiger partial charge in [0, 0.05) is 0 Å². The lowest BCUT2D eigenvalue weighted by atomic mass is 10.3. The maximum absolute atomic E-state index is 10.7. The Labute approximate surface area is 80.9 Å². The summed E-state index contributed by atoms with van der Waals surface area (Å²) < 4.78 is -1.76. The average Bonchev–Trinajstić information content (AvgIpc) is 1.83. The summed E-state index contributed by atoms with van der Waals surface area (Å²) in [5, 5.41) is -1.30. The molecule has 0 fully saturated rings. The zero-order chi connectivity index (χ0) is 8.36. The highest BCUT2D eigenvalue weighted by Crippen LogP contribution is 2.31. The number of ketones is 1. The molecule has 0 aromatic heterocycles. The summed E-state index contributed by atoms with van der Waals surface area (Å²) in [6.07, 6.45) is 0.255. The first-order valence-electron chi connectivity index (χ1n) is 2.10. The molecule has 0 spiro atoms. The van der Waals surface area contributed by atoms with Crippen molar-refractivity contribution < 1.29 is 9.59 Å². The fourth-order valence-electron chi connectivity index (χ4n) is 0.218. The number of halogens is 4. The maximum atomic E-state index is 10.7. The number of carbonyl (C=O) groups excluding carboxylic acids is 2. The van der Waals surface area contributed by atoms with Gasteiger partial charge in [-0.05, 0) is 15.9 Å². The predicted molar refractivity (Wildman–Crippen MR) is 44.1 cm³/mol. The summed E-state index contributed by atoms with van der Waals surface area (Å²) in [7, 11) is 0. The Balaban J connectivity index is 4.22. The van der Waals surface area contributed by atoms with Crippen molar-refractivity contribution in [2.45, 2.75) is 8.62 Å². The molecule has 0 saturated carbocycles. The number of hydrogen-bond donors (Lipinski definition) is 0. The van der Waals surface area contributed by atoms with Crippen molar-refractivity contribution in [2.24, 2.45) is 0 Å². The molecule has 6 heteroatoms. The number of Topliss-reactive ketones (excluding diaryl/α,β-unsaturated/α-hetero) is 1. The second-order valence-electron chi connectivity index (χ2n) is 1.40. The number of hydrogen-bond acceptors (Lipinski definition) is 2. The van der Waals surface area contributed by atoms with Gasteiger partial charge < -0.3 is 4.79 Å². The van der Waals surface area contributed by atoms with Gasteiger partial charge in [-0.3, -0.25) is 4.79 Å². The third kappa shape index (κ3) is 3.19. The van der Waals surface area contributed by atoms with Gasteiger partial charge in [-0.15, -0.1) is 11.6 Å². The number of alkyl halides is 4. The number of aldehydes is 1. The lowest BCUT2D eigenvalue weighted by Gasteiger charge is -2.09. The summed E-state index contributed by atoms with van der Waals surface area (Å²) in [4.78, 5) is 20.6. The van der Waals surface area contributed by atoms with Crippen molar-refractivity contribution in [3.63, 3.8) is 0 Å².